The van der Waals surface area contributed by atoms with Gasteiger partial charge in [0.05, 0.1) is 10.6 Å². The van der Waals surface area contributed by atoms with Crippen LogP contribution >= 0.6 is 11.6 Å². The summed E-state index contributed by atoms with van der Waals surface area (Å²) < 4.78 is 37.0. The number of anilines is 1. The molecule has 2 N–H and O–H groups in total. The third-order valence-corrected chi connectivity index (χ3v) is 2.23. The standard InChI is InChI=1S/C9H9ClF3N/c1-2-5-3-7(10)6(4-8(5)14)9(11,12)13/h3-4H,2,14H2,1H3. The molecule has 0 saturated carbocycles. The Hall–Kier alpha value is -0.900. The smallest absolute Gasteiger partial charge is 0.398 e. The van der Waals surface area contributed by atoms with Gasteiger partial charge in [-0.15, -0.1) is 0 Å². The van der Waals surface area contributed by atoms with E-state index in [2.05, 4.69) is 0 Å². The zero-order valence-corrected chi connectivity index (χ0v) is 8.21. The summed E-state index contributed by atoms with van der Waals surface area (Å²) in [6.45, 7) is 1.80. The van der Waals surface area contributed by atoms with Crippen LogP contribution in [0.3, 0.4) is 0 Å². The SMILES string of the molecule is CCc1cc(Cl)c(C(F)(F)F)cc1N. The lowest BCUT2D eigenvalue weighted by molar-refractivity contribution is -0.137. The molecule has 0 atom stereocenters. The van der Waals surface area contributed by atoms with Crippen LogP contribution in [0.4, 0.5) is 18.9 Å². The van der Waals surface area contributed by atoms with Crippen molar-refractivity contribution in [2.24, 2.45) is 0 Å². The summed E-state index contributed by atoms with van der Waals surface area (Å²) in [7, 11) is 0. The third kappa shape index (κ3) is 2.12. The fourth-order valence-corrected chi connectivity index (χ4v) is 1.45. The maximum absolute atomic E-state index is 12.3. The van der Waals surface area contributed by atoms with Gasteiger partial charge in [-0.25, -0.2) is 0 Å². The zero-order chi connectivity index (χ0) is 10.9. The van der Waals surface area contributed by atoms with E-state index in [9.17, 15) is 13.2 Å². The van der Waals surface area contributed by atoms with E-state index in [1.807, 2.05) is 0 Å². The Balaban J connectivity index is 3.29. The van der Waals surface area contributed by atoms with Crippen molar-refractivity contribution in [3.05, 3.63) is 28.3 Å². The number of halogens is 4. The summed E-state index contributed by atoms with van der Waals surface area (Å²) in [5.41, 5.74) is 5.31. The van der Waals surface area contributed by atoms with Gasteiger partial charge in [0, 0.05) is 5.69 Å². The third-order valence-electron chi connectivity index (χ3n) is 1.92. The molecular weight excluding hydrogens is 215 g/mol. The summed E-state index contributed by atoms with van der Waals surface area (Å²) in [6.07, 6.45) is -3.89. The first-order valence-electron chi connectivity index (χ1n) is 4.01. The van der Waals surface area contributed by atoms with Gasteiger partial charge in [-0.1, -0.05) is 18.5 Å². The molecule has 0 unspecified atom stereocenters. The van der Waals surface area contributed by atoms with Crippen LogP contribution in [-0.4, -0.2) is 0 Å². The Morgan fingerprint density at radius 3 is 2.36 bits per heavy atom. The minimum absolute atomic E-state index is 0.129. The number of rotatable bonds is 1. The number of aryl methyl sites for hydroxylation is 1. The zero-order valence-electron chi connectivity index (χ0n) is 7.45. The van der Waals surface area contributed by atoms with E-state index in [1.165, 1.54) is 6.07 Å². The highest BCUT2D eigenvalue weighted by Gasteiger charge is 2.33. The second-order valence-electron chi connectivity index (χ2n) is 2.88. The Labute approximate surface area is 84.7 Å². The van der Waals surface area contributed by atoms with Crippen LogP contribution in [-0.2, 0) is 12.6 Å². The van der Waals surface area contributed by atoms with Crippen molar-refractivity contribution in [1.29, 1.82) is 0 Å². The number of hydrogen-bond acceptors (Lipinski definition) is 1. The molecule has 14 heavy (non-hydrogen) atoms. The van der Waals surface area contributed by atoms with Crippen LogP contribution in [0.1, 0.15) is 18.1 Å². The van der Waals surface area contributed by atoms with Gasteiger partial charge in [-0.3, -0.25) is 0 Å². The highest BCUT2D eigenvalue weighted by atomic mass is 35.5. The predicted octanol–water partition coefficient (Wildman–Crippen LogP) is 3.50. The summed E-state index contributed by atoms with van der Waals surface area (Å²) >= 11 is 5.49. The number of alkyl halides is 3. The molecule has 0 aliphatic carbocycles. The second kappa shape index (κ2) is 3.69. The van der Waals surface area contributed by atoms with Crippen LogP contribution in [0.15, 0.2) is 12.1 Å². The first-order valence-corrected chi connectivity index (χ1v) is 4.39. The fraction of sp³-hybridized carbons (Fsp3) is 0.333. The van der Waals surface area contributed by atoms with Crippen LogP contribution in [0, 0.1) is 0 Å². The molecule has 1 aromatic carbocycles. The molecule has 0 aliphatic heterocycles. The Morgan fingerprint density at radius 1 is 1.36 bits per heavy atom. The van der Waals surface area contributed by atoms with Crippen molar-refractivity contribution in [2.75, 3.05) is 5.73 Å². The Bertz CT molecular complexity index is 347. The maximum atomic E-state index is 12.3. The first kappa shape index (κ1) is 11.2. The highest BCUT2D eigenvalue weighted by Crippen LogP contribution is 2.37. The van der Waals surface area contributed by atoms with Crippen molar-refractivity contribution < 1.29 is 13.2 Å². The quantitative estimate of drug-likeness (QED) is 0.725. The lowest BCUT2D eigenvalue weighted by Crippen LogP contribution is -2.08. The van der Waals surface area contributed by atoms with Gasteiger partial charge in [0.2, 0.25) is 0 Å². The molecule has 0 amide bonds. The van der Waals surface area contributed by atoms with E-state index in [0.717, 1.165) is 6.07 Å². The largest absolute Gasteiger partial charge is 0.417 e. The van der Waals surface area contributed by atoms with Gasteiger partial charge in [0.25, 0.3) is 0 Å². The topological polar surface area (TPSA) is 26.0 Å². The van der Waals surface area contributed by atoms with E-state index in [4.69, 9.17) is 17.3 Å². The number of benzene rings is 1. The molecule has 0 saturated heterocycles. The van der Waals surface area contributed by atoms with E-state index in [0.29, 0.717) is 12.0 Å². The fourth-order valence-electron chi connectivity index (χ4n) is 1.15. The second-order valence-corrected chi connectivity index (χ2v) is 3.29. The first-order chi connectivity index (χ1) is 6.36. The molecule has 0 fully saturated rings. The van der Waals surface area contributed by atoms with Crippen LogP contribution < -0.4 is 5.73 Å². The van der Waals surface area contributed by atoms with E-state index < -0.39 is 11.7 Å². The molecule has 5 heteroatoms. The van der Waals surface area contributed by atoms with Gasteiger partial charge >= 0.3 is 6.18 Å². The molecule has 1 rings (SSSR count). The Kier molecular flexibility index (Phi) is 2.95. The number of nitrogen functional groups attached to an aromatic ring is 1. The van der Waals surface area contributed by atoms with E-state index in [-0.39, 0.29) is 10.7 Å². The van der Waals surface area contributed by atoms with Gasteiger partial charge < -0.3 is 5.73 Å². The molecule has 1 nitrogen and oxygen atoms in total. The van der Waals surface area contributed by atoms with Gasteiger partial charge in [0.15, 0.2) is 0 Å². The summed E-state index contributed by atoms with van der Waals surface area (Å²) in [5.74, 6) is 0. The monoisotopic (exact) mass is 223 g/mol. The molecule has 0 aromatic heterocycles. The molecule has 0 heterocycles. The molecule has 0 aliphatic rings. The molecule has 0 bridgehead atoms. The summed E-state index contributed by atoms with van der Waals surface area (Å²) in [4.78, 5) is 0. The predicted molar refractivity (Wildman–Crippen MR) is 50.2 cm³/mol. The lowest BCUT2D eigenvalue weighted by atomic mass is 10.1. The average molecular weight is 224 g/mol. The molecule has 1 aromatic rings. The highest BCUT2D eigenvalue weighted by molar-refractivity contribution is 6.31. The molecule has 0 spiro atoms. The summed E-state index contributed by atoms with van der Waals surface area (Å²) in [6, 6.07) is 2.14. The molecule has 0 radical (unpaired) electrons. The van der Waals surface area contributed by atoms with Crippen molar-refractivity contribution >= 4 is 17.3 Å². The van der Waals surface area contributed by atoms with Crippen molar-refractivity contribution in [3.8, 4) is 0 Å². The lowest BCUT2D eigenvalue weighted by Gasteiger charge is -2.12. The average Bonchev–Trinajstić information content (AvgIpc) is 2.06. The maximum Gasteiger partial charge on any atom is 0.417 e. The molecule has 78 valence electrons. The minimum atomic E-state index is -4.45. The van der Waals surface area contributed by atoms with E-state index >= 15 is 0 Å². The van der Waals surface area contributed by atoms with E-state index in [1.54, 1.807) is 6.92 Å². The van der Waals surface area contributed by atoms with Crippen LogP contribution in [0.5, 0.6) is 0 Å². The van der Waals surface area contributed by atoms with Gasteiger partial charge in [0.1, 0.15) is 0 Å². The summed E-state index contributed by atoms with van der Waals surface area (Å²) in [5, 5.41) is -0.302. The normalized spacial score (nSPS) is 11.8. The molecular formula is C9H9ClF3N. The minimum Gasteiger partial charge on any atom is -0.398 e. The van der Waals surface area contributed by atoms with Crippen LogP contribution in [0.2, 0.25) is 5.02 Å². The Morgan fingerprint density at radius 2 is 1.93 bits per heavy atom. The van der Waals surface area contributed by atoms with Crippen LogP contribution in [0.25, 0.3) is 0 Å². The van der Waals surface area contributed by atoms with Crippen molar-refractivity contribution in [2.45, 2.75) is 19.5 Å². The number of hydrogen-bond donors (Lipinski definition) is 1. The van der Waals surface area contributed by atoms with Gasteiger partial charge in [-0.2, -0.15) is 13.2 Å². The van der Waals surface area contributed by atoms with Crippen molar-refractivity contribution in [3.63, 3.8) is 0 Å². The van der Waals surface area contributed by atoms with Crippen molar-refractivity contribution in [1.82, 2.24) is 0 Å². The van der Waals surface area contributed by atoms with Gasteiger partial charge in [-0.05, 0) is 24.1 Å². The number of nitrogens with two attached hydrogens (primary N) is 1.